The van der Waals surface area contributed by atoms with E-state index in [1.165, 1.54) is 12.1 Å². The Morgan fingerprint density at radius 3 is 2.77 bits per heavy atom. The number of nitrogens with one attached hydrogen (secondary N) is 1. The van der Waals surface area contributed by atoms with Crippen LogP contribution in [0.4, 0.5) is 4.39 Å². The molecule has 0 spiro atoms. The summed E-state index contributed by atoms with van der Waals surface area (Å²) in [4.78, 5) is 5.36. The number of aromatic nitrogens is 3. The van der Waals surface area contributed by atoms with E-state index in [0.29, 0.717) is 24.9 Å². The van der Waals surface area contributed by atoms with Gasteiger partial charge in [0.1, 0.15) is 5.82 Å². The molecular formula is C16H19FN4O. The highest BCUT2D eigenvalue weighted by Gasteiger charge is 2.12. The van der Waals surface area contributed by atoms with E-state index < -0.39 is 0 Å². The van der Waals surface area contributed by atoms with E-state index in [9.17, 15) is 4.39 Å². The average Bonchev–Trinajstić information content (AvgIpc) is 3.04. The summed E-state index contributed by atoms with van der Waals surface area (Å²) in [6, 6.07) is 6.70. The highest BCUT2D eigenvalue weighted by molar-refractivity contribution is 5.80. The zero-order valence-electron chi connectivity index (χ0n) is 12.9. The minimum absolute atomic E-state index is 0.224. The van der Waals surface area contributed by atoms with Crippen LogP contribution < -0.4 is 0 Å². The molecule has 2 aromatic heterocycles. The van der Waals surface area contributed by atoms with Crippen LogP contribution in [0.5, 0.6) is 0 Å². The standard InChI is InChI=1S/C16H19FN4O/c1-10(2)16-20-19-15(22-16)9-21(3)8-13-7-11-6-12(17)4-5-14(11)18-13/h4-7,10,18H,8-9H2,1-3H3. The summed E-state index contributed by atoms with van der Waals surface area (Å²) in [6.45, 7) is 5.30. The molecule has 3 rings (SSSR count). The van der Waals surface area contributed by atoms with Gasteiger partial charge in [-0.1, -0.05) is 13.8 Å². The first-order valence-electron chi connectivity index (χ1n) is 7.29. The van der Waals surface area contributed by atoms with Crippen LogP contribution in [0.15, 0.2) is 28.7 Å². The van der Waals surface area contributed by atoms with E-state index in [1.54, 1.807) is 6.07 Å². The van der Waals surface area contributed by atoms with E-state index in [4.69, 9.17) is 4.42 Å². The Kier molecular flexibility index (Phi) is 3.94. The number of nitrogens with zero attached hydrogens (tertiary/aromatic N) is 3. The number of hydrogen-bond acceptors (Lipinski definition) is 4. The molecule has 1 aromatic carbocycles. The zero-order valence-corrected chi connectivity index (χ0v) is 12.9. The van der Waals surface area contributed by atoms with E-state index in [1.807, 2.05) is 27.0 Å². The Bertz CT molecular complexity index is 777. The third-order valence-electron chi connectivity index (χ3n) is 3.46. The maximum atomic E-state index is 13.2. The third kappa shape index (κ3) is 3.17. The molecule has 0 amide bonds. The van der Waals surface area contributed by atoms with Crippen molar-refractivity contribution in [3.8, 4) is 0 Å². The van der Waals surface area contributed by atoms with Gasteiger partial charge in [0.25, 0.3) is 0 Å². The minimum atomic E-state index is -0.224. The normalized spacial score (nSPS) is 11.9. The number of benzene rings is 1. The van der Waals surface area contributed by atoms with Crippen LogP contribution in [0.1, 0.15) is 37.2 Å². The molecule has 5 nitrogen and oxygen atoms in total. The van der Waals surface area contributed by atoms with Gasteiger partial charge in [0.05, 0.1) is 6.54 Å². The van der Waals surface area contributed by atoms with Crippen molar-refractivity contribution >= 4 is 10.9 Å². The topological polar surface area (TPSA) is 58.0 Å². The SMILES string of the molecule is CC(C)c1nnc(CN(C)Cc2cc3cc(F)ccc3[nH]2)o1. The summed E-state index contributed by atoms with van der Waals surface area (Å²) >= 11 is 0. The lowest BCUT2D eigenvalue weighted by molar-refractivity contribution is 0.273. The Morgan fingerprint density at radius 2 is 2.05 bits per heavy atom. The summed E-state index contributed by atoms with van der Waals surface area (Å²) in [5.74, 6) is 1.27. The lowest BCUT2D eigenvalue weighted by atomic mass is 10.2. The quantitative estimate of drug-likeness (QED) is 0.784. The lowest BCUT2D eigenvalue weighted by Crippen LogP contribution is -2.17. The molecule has 3 aromatic rings. The second-order valence-corrected chi connectivity index (χ2v) is 5.89. The Morgan fingerprint density at radius 1 is 1.23 bits per heavy atom. The first kappa shape index (κ1) is 14.7. The number of aromatic amines is 1. The monoisotopic (exact) mass is 302 g/mol. The molecule has 0 aliphatic rings. The summed E-state index contributed by atoms with van der Waals surface area (Å²) < 4.78 is 18.8. The maximum Gasteiger partial charge on any atom is 0.230 e. The lowest BCUT2D eigenvalue weighted by Gasteiger charge is -2.12. The fourth-order valence-corrected chi connectivity index (χ4v) is 2.39. The second kappa shape index (κ2) is 5.88. The first-order valence-corrected chi connectivity index (χ1v) is 7.29. The summed E-state index contributed by atoms with van der Waals surface area (Å²) in [5.41, 5.74) is 1.95. The van der Waals surface area contributed by atoms with E-state index >= 15 is 0 Å². The fourth-order valence-electron chi connectivity index (χ4n) is 2.39. The van der Waals surface area contributed by atoms with Crippen LogP contribution in [0.25, 0.3) is 10.9 Å². The van der Waals surface area contributed by atoms with Crippen LogP contribution in [-0.2, 0) is 13.1 Å². The van der Waals surface area contributed by atoms with Gasteiger partial charge in [0.2, 0.25) is 11.8 Å². The fraction of sp³-hybridized carbons (Fsp3) is 0.375. The van der Waals surface area contributed by atoms with Crippen molar-refractivity contribution in [2.45, 2.75) is 32.9 Å². The predicted molar refractivity (Wildman–Crippen MR) is 81.8 cm³/mol. The maximum absolute atomic E-state index is 13.2. The molecule has 0 saturated carbocycles. The first-order chi connectivity index (χ1) is 10.5. The molecule has 0 aliphatic carbocycles. The number of halogens is 1. The molecule has 0 unspecified atom stereocenters. The van der Waals surface area contributed by atoms with Crippen LogP contribution in [0.2, 0.25) is 0 Å². The smallest absolute Gasteiger partial charge is 0.230 e. The molecule has 0 saturated heterocycles. The van der Waals surface area contributed by atoms with Crippen molar-refractivity contribution in [1.29, 1.82) is 0 Å². The molecular weight excluding hydrogens is 283 g/mol. The molecule has 0 aliphatic heterocycles. The molecule has 2 heterocycles. The largest absolute Gasteiger partial charge is 0.424 e. The van der Waals surface area contributed by atoms with Gasteiger partial charge in [-0.15, -0.1) is 10.2 Å². The number of H-pyrrole nitrogens is 1. The van der Waals surface area contributed by atoms with E-state index in [-0.39, 0.29) is 11.7 Å². The molecule has 0 radical (unpaired) electrons. The van der Waals surface area contributed by atoms with E-state index in [2.05, 4.69) is 20.1 Å². The van der Waals surface area contributed by atoms with Crippen molar-refractivity contribution in [3.63, 3.8) is 0 Å². The van der Waals surface area contributed by atoms with Crippen molar-refractivity contribution in [1.82, 2.24) is 20.1 Å². The van der Waals surface area contributed by atoms with Crippen LogP contribution in [0.3, 0.4) is 0 Å². The van der Waals surface area contributed by atoms with Crippen LogP contribution >= 0.6 is 0 Å². The van der Waals surface area contributed by atoms with Crippen LogP contribution in [-0.4, -0.2) is 27.1 Å². The summed E-state index contributed by atoms with van der Waals surface area (Å²) in [6.07, 6.45) is 0. The number of hydrogen-bond donors (Lipinski definition) is 1. The Hall–Kier alpha value is -2.21. The van der Waals surface area contributed by atoms with Gasteiger partial charge in [-0.3, -0.25) is 4.90 Å². The predicted octanol–water partition coefficient (Wildman–Crippen LogP) is 3.45. The summed E-state index contributed by atoms with van der Waals surface area (Å²) in [5, 5.41) is 8.96. The van der Waals surface area contributed by atoms with Gasteiger partial charge < -0.3 is 9.40 Å². The van der Waals surface area contributed by atoms with Crippen molar-refractivity contribution in [2.75, 3.05) is 7.05 Å². The average molecular weight is 302 g/mol. The van der Waals surface area contributed by atoms with Gasteiger partial charge in [0, 0.05) is 29.1 Å². The summed E-state index contributed by atoms with van der Waals surface area (Å²) in [7, 11) is 1.98. The molecule has 0 atom stereocenters. The third-order valence-corrected chi connectivity index (χ3v) is 3.46. The highest BCUT2D eigenvalue weighted by atomic mass is 19.1. The van der Waals surface area contributed by atoms with Crippen molar-refractivity contribution in [3.05, 3.63) is 47.6 Å². The molecule has 6 heteroatoms. The number of fused-ring (bicyclic) bond motifs is 1. The Labute approximate surface area is 128 Å². The molecule has 1 N–H and O–H groups in total. The minimum Gasteiger partial charge on any atom is -0.424 e. The molecule has 0 fully saturated rings. The zero-order chi connectivity index (χ0) is 15.7. The molecule has 0 bridgehead atoms. The van der Waals surface area contributed by atoms with Crippen LogP contribution in [0, 0.1) is 5.82 Å². The van der Waals surface area contributed by atoms with E-state index in [0.717, 1.165) is 16.6 Å². The molecule has 116 valence electrons. The van der Waals surface area contributed by atoms with Gasteiger partial charge in [-0.2, -0.15) is 0 Å². The van der Waals surface area contributed by atoms with Gasteiger partial charge in [-0.25, -0.2) is 4.39 Å². The molecule has 22 heavy (non-hydrogen) atoms. The Balaban J connectivity index is 1.68. The van der Waals surface area contributed by atoms with Crippen molar-refractivity contribution in [2.24, 2.45) is 0 Å². The highest BCUT2D eigenvalue weighted by Crippen LogP contribution is 2.18. The van der Waals surface area contributed by atoms with Crippen molar-refractivity contribution < 1.29 is 8.81 Å². The van der Waals surface area contributed by atoms with Gasteiger partial charge in [0.15, 0.2) is 0 Å². The van der Waals surface area contributed by atoms with Gasteiger partial charge >= 0.3 is 0 Å². The second-order valence-electron chi connectivity index (χ2n) is 5.89. The van der Waals surface area contributed by atoms with Gasteiger partial charge in [-0.05, 0) is 31.3 Å². The number of rotatable bonds is 5.